The Labute approximate surface area is 207 Å². The number of benzene rings is 1. The second-order valence-electron chi connectivity index (χ2n) is 8.76. The number of rotatable bonds is 10. The van der Waals surface area contributed by atoms with Gasteiger partial charge >= 0.3 is 11.9 Å². The Morgan fingerprint density at radius 3 is 2.31 bits per heavy atom. The van der Waals surface area contributed by atoms with Crippen LogP contribution in [0.4, 0.5) is 0 Å². The lowest BCUT2D eigenvalue weighted by atomic mass is 10.00. The Hall–Kier alpha value is -4.65. The molecule has 10 heteroatoms. The van der Waals surface area contributed by atoms with Crippen molar-refractivity contribution in [3.05, 3.63) is 77.1 Å². The molecule has 2 heterocycles. The first-order valence-corrected chi connectivity index (χ1v) is 11.3. The van der Waals surface area contributed by atoms with Gasteiger partial charge in [0.1, 0.15) is 17.8 Å². The number of aromatic nitrogens is 1. The summed E-state index contributed by atoms with van der Waals surface area (Å²) in [6.07, 6.45) is 1.26. The zero-order valence-electron chi connectivity index (χ0n) is 19.8. The molecule has 0 saturated carbocycles. The van der Waals surface area contributed by atoms with E-state index < -0.39 is 35.8 Å². The molecule has 0 aliphatic rings. The topological polar surface area (TPSA) is 161 Å². The van der Waals surface area contributed by atoms with Crippen molar-refractivity contribution in [3.8, 4) is 6.07 Å². The monoisotopic (exact) mass is 490 g/mol. The van der Waals surface area contributed by atoms with E-state index in [4.69, 9.17) is 0 Å². The van der Waals surface area contributed by atoms with Crippen LogP contribution in [-0.4, -0.2) is 44.4 Å². The molecule has 2 amide bonds. The third-order valence-corrected chi connectivity index (χ3v) is 5.59. The number of pyridine rings is 1. The third-order valence-electron chi connectivity index (χ3n) is 5.59. The van der Waals surface area contributed by atoms with Crippen LogP contribution in [0.25, 0.3) is 5.52 Å². The summed E-state index contributed by atoms with van der Waals surface area (Å²) in [5.41, 5.74) is 1.03. The van der Waals surface area contributed by atoms with Gasteiger partial charge in [-0.25, -0.2) is 4.79 Å². The van der Waals surface area contributed by atoms with Crippen molar-refractivity contribution in [2.24, 2.45) is 5.92 Å². The molecule has 0 spiro atoms. The van der Waals surface area contributed by atoms with E-state index in [0.717, 1.165) is 0 Å². The second-order valence-corrected chi connectivity index (χ2v) is 8.76. The highest BCUT2D eigenvalue weighted by Crippen LogP contribution is 2.20. The Balaban J connectivity index is 1.86. The van der Waals surface area contributed by atoms with E-state index in [1.807, 2.05) is 19.9 Å². The lowest BCUT2D eigenvalue weighted by Gasteiger charge is -2.24. The summed E-state index contributed by atoms with van der Waals surface area (Å²) >= 11 is 0. The zero-order chi connectivity index (χ0) is 26.4. The molecule has 1 aromatic carbocycles. The van der Waals surface area contributed by atoms with Gasteiger partial charge in [-0.05, 0) is 36.1 Å². The molecule has 0 fully saturated rings. The van der Waals surface area contributed by atoms with Crippen molar-refractivity contribution in [2.75, 3.05) is 0 Å². The van der Waals surface area contributed by atoms with Crippen LogP contribution in [-0.2, 0) is 9.59 Å². The number of carboxylic acids is 2. The minimum Gasteiger partial charge on any atom is -0.481 e. The predicted octanol–water partition coefficient (Wildman–Crippen LogP) is 2.99. The molecule has 0 bridgehead atoms. The lowest BCUT2D eigenvalue weighted by molar-refractivity contribution is -0.137. The molecular formula is C26H26N4O6. The van der Waals surface area contributed by atoms with Crippen LogP contribution in [0.1, 0.15) is 64.7 Å². The van der Waals surface area contributed by atoms with E-state index in [-0.39, 0.29) is 35.6 Å². The Kier molecular flexibility index (Phi) is 8.07. The average molecular weight is 491 g/mol. The third kappa shape index (κ3) is 6.07. The molecule has 0 saturated heterocycles. The molecule has 186 valence electrons. The van der Waals surface area contributed by atoms with Gasteiger partial charge in [-0.1, -0.05) is 44.2 Å². The lowest BCUT2D eigenvalue weighted by Crippen LogP contribution is -2.48. The molecule has 1 unspecified atom stereocenters. The average Bonchev–Trinajstić information content (AvgIpc) is 3.21. The van der Waals surface area contributed by atoms with Crippen molar-refractivity contribution in [1.29, 1.82) is 5.26 Å². The molecule has 4 N–H and O–H groups in total. The number of nitriles is 1. The van der Waals surface area contributed by atoms with Crippen LogP contribution in [0.2, 0.25) is 0 Å². The van der Waals surface area contributed by atoms with Gasteiger partial charge in [0.15, 0.2) is 0 Å². The number of hydrogen-bond donors (Lipinski definition) is 4. The molecule has 2 aromatic heterocycles. The summed E-state index contributed by atoms with van der Waals surface area (Å²) in [5.74, 6) is -3.46. The number of carbonyl (C=O) groups is 4. The smallest absolute Gasteiger partial charge is 0.352 e. The van der Waals surface area contributed by atoms with Gasteiger partial charge in [0, 0.05) is 6.20 Å². The molecule has 2 atom stereocenters. The molecule has 3 aromatic rings. The van der Waals surface area contributed by atoms with E-state index in [1.165, 1.54) is 28.8 Å². The first-order chi connectivity index (χ1) is 17.1. The van der Waals surface area contributed by atoms with Gasteiger partial charge in [-0.3, -0.25) is 14.4 Å². The van der Waals surface area contributed by atoms with Crippen molar-refractivity contribution in [2.45, 2.75) is 38.8 Å². The predicted molar refractivity (Wildman–Crippen MR) is 129 cm³/mol. The highest BCUT2D eigenvalue weighted by atomic mass is 16.4. The van der Waals surface area contributed by atoms with Gasteiger partial charge < -0.3 is 25.2 Å². The Morgan fingerprint density at radius 1 is 1.03 bits per heavy atom. The minimum absolute atomic E-state index is 0.0272. The van der Waals surface area contributed by atoms with E-state index in [1.54, 1.807) is 30.3 Å². The standard InChI is InChI=1S/C26H26N4O6/c1-15(2)10-20(25(34)28-19(12-23(31)32)16-6-4-3-5-7-16)29-24(33)17-8-9-21-18(13-27)11-22(26(35)36)30(21)14-17/h3-9,11,14-15,19-20H,10,12H2,1-2H3,(H,28,34)(H,29,33)(H,31,32)(H,35,36)/t19?,20-/m0/s1. The summed E-state index contributed by atoms with van der Waals surface area (Å²) in [7, 11) is 0. The van der Waals surface area contributed by atoms with Crippen molar-refractivity contribution in [3.63, 3.8) is 0 Å². The Bertz CT molecular complexity index is 1340. The zero-order valence-corrected chi connectivity index (χ0v) is 19.8. The number of nitrogens with one attached hydrogen (secondary N) is 2. The van der Waals surface area contributed by atoms with Gasteiger partial charge in [-0.2, -0.15) is 5.26 Å². The van der Waals surface area contributed by atoms with Crippen LogP contribution in [0.3, 0.4) is 0 Å². The summed E-state index contributed by atoms with van der Waals surface area (Å²) in [5, 5.41) is 33.5. The van der Waals surface area contributed by atoms with Crippen LogP contribution in [0.15, 0.2) is 54.7 Å². The molecule has 36 heavy (non-hydrogen) atoms. The van der Waals surface area contributed by atoms with Crippen LogP contribution in [0, 0.1) is 17.2 Å². The fraction of sp³-hybridized carbons (Fsp3) is 0.269. The largest absolute Gasteiger partial charge is 0.481 e. The fourth-order valence-corrected chi connectivity index (χ4v) is 3.92. The highest BCUT2D eigenvalue weighted by Gasteiger charge is 2.27. The number of aromatic carboxylic acids is 1. The summed E-state index contributed by atoms with van der Waals surface area (Å²) in [6, 6.07) is 13.0. The summed E-state index contributed by atoms with van der Waals surface area (Å²) in [6.45, 7) is 3.76. The molecule has 0 aliphatic carbocycles. The number of nitrogens with zero attached hydrogens (tertiary/aromatic N) is 2. The van der Waals surface area contributed by atoms with Gasteiger partial charge in [0.25, 0.3) is 5.91 Å². The normalized spacial score (nSPS) is 12.5. The van der Waals surface area contributed by atoms with Gasteiger partial charge in [0.05, 0.1) is 29.1 Å². The van der Waals surface area contributed by atoms with E-state index >= 15 is 0 Å². The van der Waals surface area contributed by atoms with E-state index in [2.05, 4.69) is 10.6 Å². The molecule has 10 nitrogen and oxygen atoms in total. The summed E-state index contributed by atoms with van der Waals surface area (Å²) < 4.78 is 1.24. The molecule has 0 radical (unpaired) electrons. The highest BCUT2D eigenvalue weighted by molar-refractivity contribution is 5.98. The van der Waals surface area contributed by atoms with Gasteiger partial charge in [-0.15, -0.1) is 0 Å². The number of carboxylic acid groups (broad SMARTS) is 2. The number of aliphatic carboxylic acids is 1. The maximum Gasteiger partial charge on any atom is 0.352 e. The van der Waals surface area contributed by atoms with Gasteiger partial charge in [0.2, 0.25) is 5.91 Å². The number of carbonyl (C=O) groups excluding carboxylic acids is 2. The Morgan fingerprint density at radius 2 is 1.72 bits per heavy atom. The van der Waals surface area contributed by atoms with Crippen LogP contribution < -0.4 is 10.6 Å². The van der Waals surface area contributed by atoms with Crippen molar-refractivity contribution >= 4 is 29.3 Å². The number of amides is 2. The van der Waals surface area contributed by atoms with E-state index in [9.17, 15) is 34.7 Å². The van der Waals surface area contributed by atoms with Crippen molar-refractivity contribution in [1.82, 2.24) is 15.0 Å². The maximum absolute atomic E-state index is 13.2. The second kappa shape index (κ2) is 11.2. The molecule has 3 rings (SSSR count). The summed E-state index contributed by atoms with van der Waals surface area (Å²) in [4.78, 5) is 49.2. The SMILES string of the molecule is CC(C)C[C@H](NC(=O)c1ccc2c(C#N)cc(C(=O)O)n2c1)C(=O)NC(CC(=O)O)c1ccccc1. The molecule has 0 aliphatic heterocycles. The maximum atomic E-state index is 13.2. The van der Waals surface area contributed by atoms with Crippen LogP contribution >= 0.6 is 0 Å². The quantitative estimate of drug-likeness (QED) is 0.340. The number of fused-ring (bicyclic) bond motifs is 1. The molecular weight excluding hydrogens is 464 g/mol. The minimum atomic E-state index is -1.26. The van der Waals surface area contributed by atoms with Crippen LogP contribution in [0.5, 0.6) is 0 Å². The first kappa shape index (κ1) is 26.0. The van der Waals surface area contributed by atoms with Crippen molar-refractivity contribution < 1.29 is 29.4 Å². The first-order valence-electron chi connectivity index (χ1n) is 11.3. The van der Waals surface area contributed by atoms with E-state index in [0.29, 0.717) is 11.1 Å². The fourth-order valence-electron chi connectivity index (χ4n) is 3.92. The number of hydrogen-bond acceptors (Lipinski definition) is 5.